The van der Waals surface area contributed by atoms with Gasteiger partial charge in [0.2, 0.25) is 5.88 Å². The first kappa shape index (κ1) is 22.7. The van der Waals surface area contributed by atoms with E-state index in [2.05, 4.69) is 30.5 Å². The highest BCUT2D eigenvalue weighted by molar-refractivity contribution is 7.98. The summed E-state index contributed by atoms with van der Waals surface area (Å²) < 4.78 is 39.5. The molecular weight excluding hydrogens is 430 g/mol. The van der Waals surface area contributed by atoms with Crippen LogP contribution in [0.25, 0.3) is 10.8 Å². The normalized spacial score (nSPS) is 15.8. The van der Waals surface area contributed by atoms with E-state index in [1.165, 1.54) is 12.3 Å². The monoisotopic (exact) mass is 456 g/mol. The SMILES string of the molecule is CCOc1nccc2c(C(=O)c3c(F)cc4c(c3F)CCC4NSC(C)(C)C)cccc12. The average Bonchev–Trinajstić information content (AvgIpc) is 3.14. The Labute approximate surface area is 190 Å². The number of rotatable bonds is 6. The molecule has 0 amide bonds. The van der Waals surface area contributed by atoms with Gasteiger partial charge in [0.1, 0.15) is 11.6 Å². The highest BCUT2D eigenvalue weighted by Gasteiger charge is 2.32. The standard InChI is InChI=1S/C25H26F2N2O2S/c1-5-31-24-17-8-6-7-16(14(17)11-12-28-24)23(30)21-19(26)13-18-15(22(21)27)9-10-20(18)29-32-25(2,3)4/h6-8,11-13,20,29H,5,9-10H2,1-4H3. The zero-order chi connectivity index (χ0) is 23.0. The molecule has 0 spiro atoms. The van der Waals surface area contributed by atoms with Gasteiger partial charge in [-0.25, -0.2) is 13.8 Å². The van der Waals surface area contributed by atoms with Gasteiger partial charge >= 0.3 is 0 Å². The minimum Gasteiger partial charge on any atom is -0.478 e. The number of halogens is 2. The summed E-state index contributed by atoms with van der Waals surface area (Å²) in [6.07, 6.45) is 2.64. The van der Waals surface area contributed by atoms with Crippen LogP contribution in [0.3, 0.4) is 0 Å². The molecule has 0 fully saturated rings. The lowest BCUT2D eigenvalue weighted by Gasteiger charge is -2.22. The number of fused-ring (bicyclic) bond motifs is 2. The van der Waals surface area contributed by atoms with Crippen molar-refractivity contribution in [2.24, 2.45) is 0 Å². The minimum atomic E-state index is -0.836. The second kappa shape index (κ2) is 8.79. The largest absolute Gasteiger partial charge is 0.478 e. The molecule has 32 heavy (non-hydrogen) atoms. The van der Waals surface area contributed by atoms with Gasteiger partial charge in [0.15, 0.2) is 5.78 Å². The second-order valence-corrected chi connectivity index (χ2v) is 10.5. The Balaban J connectivity index is 1.74. The lowest BCUT2D eigenvalue weighted by molar-refractivity contribution is 0.103. The fourth-order valence-electron chi connectivity index (χ4n) is 4.03. The topological polar surface area (TPSA) is 51.2 Å². The molecule has 1 heterocycles. The smallest absolute Gasteiger partial charge is 0.221 e. The first-order valence-corrected chi connectivity index (χ1v) is 11.5. The predicted octanol–water partition coefficient (Wildman–Crippen LogP) is 6.17. The Hall–Kier alpha value is -2.51. The van der Waals surface area contributed by atoms with E-state index < -0.39 is 23.0 Å². The molecule has 1 aliphatic carbocycles. The van der Waals surface area contributed by atoms with Crippen molar-refractivity contribution in [3.63, 3.8) is 0 Å². The summed E-state index contributed by atoms with van der Waals surface area (Å²) in [7, 11) is 0. The number of carbonyl (C=O) groups is 1. The van der Waals surface area contributed by atoms with E-state index in [-0.39, 0.29) is 16.4 Å². The highest BCUT2D eigenvalue weighted by Crippen LogP contribution is 2.39. The number of hydrogen-bond donors (Lipinski definition) is 1. The number of pyridine rings is 1. The molecule has 0 saturated carbocycles. The predicted molar refractivity (Wildman–Crippen MR) is 124 cm³/mol. The maximum absolute atomic E-state index is 15.5. The summed E-state index contributed by atoms with van der Waals surface area (Å²) in [5, 5.41) is 1.18. The summed E-state index contributed by atoms with van der Waals surface area (Å²) >= 11 is 1.54. The van der Waals surface area contributed by atoms with Crippen molar-refractivity contribution >= 4 is 28.5 Å². The third kappa shape index (κ3) is 4.24. The lowest BCUT2D eigenvalue weighted by Crippen LogP contribution is -2.20. The van der Waals surface area contributed by atoms with Gasteiger partial charge < -0.3 is 4.74 Å². The Morgan fingerprint density at radius 1 is 1.25 bits per heavy atom. The fourth-order valence-corrected chi connectivity index (χ4v) is 4.77. The molecule has 1 aromatic heterocycles. The van der Waals surface area contributed by atoms with Crippen LogP contribution in [0.15, 0.2) is 36.5 Å². The van der Waals surface area contributed by atoms with Gasteiger partial charge in [-0.05, 0) is 75.2 Å². The Morgan fingerprint density at radius 3 is 2.75 bits per heavy atom. The molecule has 3 aromatic rings. The van der Waals surface area contributed by atoms with Gasteiger partial charge in [-0.1, -0.05) is 24.1 Å². The lowest BCUT2D eigenvalue weighted by atomic mass is 9.94. The maximum Gasteiger partial charge on any atom is 0.221 e. The molecule has 0 radical (unpaired) electrons. The van der Waals surface area contributed by atoms with Crippen molar-refractivity contribution < 1.29 is 18.3 Å². The number of benzene rings is 2. The summed E-state index contributed by atoms with van der Waals surface area (Å²) in [5.74, 6) is -1.88. The van der Waals surface area contributed by atoms with Gasteiger partial charge in [0.25, 0.3) is 0 Å². The van der Waals surface area contributed by atoms with Gasteiger partial charge in [0, 0.05) is 27.9 Å². The van der Waals surface area contributed by atoms with Gasteiger partial charge in [-0.15, -0.1) is 0 Å². The first-order valence-electron chi connectivity index (χ1n) is 10.7. The molecule has 1 N–H and O–H groups in total. The van der Waals surface area contributed by atoms with Crippen molar-refractivity contribution in [1.82, 2.24) is 9.71 Å². The minimum absolute atomic E-state index is 0.0285. The number of aromatic nitrogens is 1. The van der Waals surface area contributed by atoms with Crippen LogP contribution >= 0.6 is 11.9 Å². The van der Waals surface area contributed by atoms with Crippen molar-refractivity contribution in [2.45, 2.75) is 51.3 Å². The number of nitrogens with zero attached hydrogens (tertiary/aromatic N) is 1. The Kier molecular flexibility index (Phi) is 6.23. The summed E-state index contributed by atoms with van der Waals surface area (Å²) in [6.45, 7) is 8.47. The zero-order valence-corrected chi connectivity index (χ0v) is 19.4. The van der Waals surface area contributed by atoms with E-state index in [0.29, 0.717) is 47.2 Å². The van der Waals surface area contributed by atoms with Gasteiger partial charge in [0.05, 0.1) is 12.2 Å². The van der Waals surface area contributed by atoms with Crippen LogP contribution in [0.2, 0.25) is 0 Å². The summed E-state index contributed by atoms with van der Waals surface area (Å²) in [4.78, 5) is 17.6. The van der Waals surface area contributed by atoms with E-state index in [0.717, 1.165) is 0 Å². The fraction of sp³-hybridized carbons (Fsp3) is 0.360. The molecule has 0 saturated heterocycles. The molecule has 1 unspecified atom stereocenters. The maximum atomic E-state index is 15.5. The van der Waals surface area contributed by atoms with E-state index in [9.17, 15) is 4.79 Å². The van der Waals surface area contributed by atoms with E-state index in [1.54, 1.807) is 36.2 Å². The highest BCUT2D eigenvalue weighted by atomic mass is 32.2. The van der Waals surface area contributed by atoms with Crippen molar-refractivity contribution in [3.8, 4) is 5.88 Å². The molecule has 2 aromatic carbocycles. The number of hydrogen-bond acceptors (Lipinski definition) is 5. The molecule has 0 bridgehead atoms. The Bertz CT molecular complexity index is 1190. The number of nitrogens with one attached hydrogen (secondary N) is 1. The summed E-state index contributed by atoms with van der Waals surface area (Å²) in [5.41, 5.74) is 0.724. The quantitative estimate of drug-likeness (QED) is 0.355. The van der Waals surface area contributed by atoms with E-state index >= 15 is 8.78 Å². The van der Waals surface area contributed by atoms with Crippen molar-refractivity contribution in [2.75, 3.05) is 6.61 Å². The third-order valence-corrected chi connectivity index (χ3v) is 6.46. The second-order valence-electron chi connectivity index (χ2n) is 8.82. The van der Waals surface area contributed by atoms with Crippen LogP contribution in [-0.4, -0.2) is 22.1 Å². The molecular formula is C25H26F2N2O2S. The van der Waals surface area contributed by atoms with Crippen LogP contribution in [0, 0.1) is 11.6 Å². The van der Waals surface area contributed by atoms with Crippen LogP contribution in [0.5, 0.6) is 5.88 Å². The molecule has 0 aliphatic heterocycles. The van der Waals surface area contributed by atoms with Crippen molar-refractivity contribution in [3.05, 3.63) is 70.4 Å². The zero-order valence-electron chi connectivity index (χ0n) is 18.6. The molecule has 4 rings (SSSR count). The number of ketones is 1. The molecule has 168 valence electrons. The molecule has 4 nitrogen and oxygen atoms in total. The molecule has 7 heteroatoms. The van der Waals surface area contributed by atoms with Gasteiger partial charge in [-0.2, -0.15) is 0 Å². The van der Waals surface area contributed by atoms with Crippen LogP contribution in [0.1, 0.15) is 67.2 Å². The average molecular weight is 457 g/mol. The van der Waals surface area contributed by atoms with E-state index in [1.807, 2.05) is 6.92 Å². The van der Waals surface area contributed by atoms with Crippen LogP contribution in [-0.2, 0) is 6.42 Å². The molecule has 1 aliphatic rings. The number of ether oxygens (including phenoxy) is 1. The van der Waals surface area contributed by atoms with E-state index in [4.69, 9.17) is 4.74 Å². The van der Waals surface area contributed by atoms with Crippen LogP contribution < -0.4 is 9.46 Å². The third-order valence-electron chi connectivity index (χ3n) is 5.44. The summed E-state index contributed by atoms with van der Waals surface area (Å²) in [6, 6.07) is 7.86. The Morgan fingerprint density at radius 2 is 2.03 bits per heavy atom. The van der Waals surface area contributed by atoms with Crippen LogP contribution in [0.4, 0.5) is 8.78 Å². The van der Waals surface area contributed by atoms with Gasteiger partial charge in [-0.3, -0.25) is 9.52 Å². The first-order chi connectivity index (χ1) is 15.2. The number of carbonyl (C=O) groups excluding carboxylic acids is 1. The molecule has 1 atom stereocenters. The van der Waals surface area contributed by atoms with Crippen molar-refractivity contribution in [1.29, 1.82) is 0 Å².